The molecular formula is C25H32N2O4. The van der Waals surface area contributed by atoms with Crippen LogP contribution in [-0.2, 0) is 19.1 Å². The first-order valence-corrected chi connectivity index (χ1v) is 11.7. The highest BCUT2D eigenvalue weighted by Crippen LogP contribution is 2.61. The maximum atomic E-state index is 14.1. The van der Waals surface area contributed by atoms with E-state index in [0.717, 1.165) is 36.1 Å². The van der Waals surface area contributed by atoms with E-state index in [-0.39, 0.29) is 36.9 Å². The summed E-state index contributed by atoms with van der Waals surface area (Å²) in [6.07, 6.45) is 6.72. The third kappa shape index (κ3) is 3.35. The van der Waals surface area contributed by atoms with Crippen molar-refractivity contribution in [1.29, 1.82) is 0 Å². The standard InChI is InChI=1S/C25H32N2O4/c1-4-31-23(29)14-26-20-5-15(2)16(3)6-21(20)27(13-22(26)28)24(30)25-10-17-7-18(11-25)9-19(8-17)12-25/h5-6,17-19H,4,7-14H2,1-3H3. The molecule has 1 aliphatic heterocycles. The molecule has 6 heteroatoms. The van der Waals surface area contributed by atoms with Crippen LogP contribution in [-0.4, -0.2) is 37.5 Å². The van der Waals surface area contributed by atoms with Crippen molar-refractivity contribution >= 4 is 29.2 Å². The van der Waals surface area contributed by atoms with Gasteiger partial charge in [-0.15, -0.1) is 0 Å². The fraction of sp³-hybridized carbons (Fsp3) is 0.640. The highest BCUT2D eigenvalue weighted by molar-refractivity contribution is 6.13. The number of aryl methyl sites for hydroxylation is 2. The zero-order valence-electron chi connectivity index (χ0n) is 18.8. The third-order valence-corrected chi connectivity index (χ3v) is 8.10. The summed E-state index contributed by atoms with van der Waals surface area (Å²) in [5.74, 6) is 1.46. The number of fused-ring (bicyclic) bond motifs is 1. The van der Waals surface area contributed by atoms with Crippen LogP contribution in [0.25, 0.3) is 0 Å². The van der Waals surface area contributed by atoms with Crippen LogP contribution in [0.5, 0.6) is 0 Å². The van der Waals surface area contributed by atoms with Crippen molar-refractivity contribution in [3.8, 4) is 0 Å². The van der Waals surface area contributed by atoms with Crippen molar-refractivity contribution in [1.82, 2.24) is 0 Å². The number of rotatable bonds is 4. The van der Waals surface area contributed by atoms with E-state index in [0.29, 0.717) is 23.4 Å². The normalized spacial score (nSPS) is 31.1. The lowest BCUT2D eigenvalue weighted by molar-refractivity contribution is -0.144. The second kappa shape index (κ2) is 7.35. The Morgan fingerprint density at radius 1 is 1.00 bits per heavy atom. The molecule has 4 bridgehead atoms. The van der Waals surface area contributed by atoms with E-state index >= 15 is 0 Å². The van der Waals surface area contributed by atoms with Crippen LogP contribution in [0.3, 0.4) is 0 Å². The van der Waals surface area contributed by atoms with Crippen LogP contribution in [0.2, 0.25) is 0 Å². The Morgan fingerprint density at radius 2 is 1.55 bits per heavy atom. The number of hydrogen-bond donors (Lipinski definition) is 0. The predicted molar refractivity (Wildman–Crippen MR) is 118 cm³/mol. The van der Waals surface area contributed by atoms with Gasteiger partial charge in [0, 0.05) is 0 Å². The SMILES string of the molecule is CCOC(=O)CN1C(=O)CN(C(=O)C23CC4CC(CC(C4)C2)C3)c2cc(C)c(C)cc21. The van der Waals surface area contributed by atoms with Crippen molar-refractivity contribution in [3.63, 3.8) is 0 Å². The molecule has 4 aliphatic carbocycles. The highest BCUT2D eigenvalue weighted by Gasteiger charge is 2.56. The van der Waals surface area contributed by atoms with Gasteiger partial charge in [-0.2, -0.15) is 0 Å². The van der Waals surface area contributed by atoms with Gasteiger partial charge in [-0.05, 0) is 100 Å². The molecule has 0 aromatic heterocycles. The summed E-state index contributed by atoms with van der Waals surface area (Å²) in [5, 5.41) is 0. The van der Waals surface area contributed by atoms with Gasteiger partial charge in [-0.3, -0.25) is 19.3 Å². The summed E-state index contributed by atoms with van der Waals surface area (Å²) < 4.78 is 5.09. The molecule has 0 unspecified atom stereocenters. The molecule has 0 saturated heterocycles. The lowest BCUT2D eigenvalue weighted by Gasteiger charge is -2.57. The topological polar surface area (TPSA) is 66.9 Å². The largest absolute Gasteiger partial charge is 0.465 e. The molecule has 6 nitrogen and oxygen atoms in total. The van der Waals surface area contributed by atoms with Gasteiger partial charge in [0.1, 0.15) is 13.1 Å². The molecule has 0 radical (unpaired) electrons. The highest BCUT2D eigenvalue weighted by atomic mass is 16.5. The Kier molecular flexibility index (Phi) is 4.87. The number of benzene rings is 1. The number of ether oxygens (including phenoxy) is 1. The van der Waals surface area contributed by atoms with Crippen LogP contribution in [0.15, 0.2) is 12.1 Å². The summed E-state index contributed by atoms with van der Waals surface area (Å²) in [6.45, 7) is 5.91. The van der Waals surface area contributed by atoms with Crippen molar-refractivity contribution in [2.45, 2.75) is 59.3 Å². The van der Waals surface area contributed by atoms with Crippen LogP contribution in [0.4, 0.5) is 11.4 Å². The van der Waals surface area contributed by atoms with E-state index < -0.39 is 5.97 Å². The van der Waals surface area contributed by atoms with E-state index in [2.05, 4.69) is 0 Å². The maximum absolute atomic E-state index is 14.1. The lowest BCUT2D eigenvalue weighted by Crippen LogP contribution is -2.58. The molecule has 2 amide bonds. The molecule has 1 aromatic rings. The zero-order valence-corrected chi connectivity index (χ0v) is 18.8. The Hall–Kier alpha value is -2.37. The van der Waals surface area contributed by atoms with Crippen molar-refractivity contribution in [2.75, 3.05) is 29.5 Å². The molecule has 4 saturated carbocycles. The van der Waals surface area contributed by atoms with Crippen LogP contribution in [0, 0.1) is 37.0 Å². The average molecular weight is 425 g/mol. The van der Waals surface area contributed by atoms with Gasteiger partial charge in [0.2, 0.25) is 11.8 Å². The van der Waals surface area contributed by atoms with Crippen molar-refractivity contribution in [3.05, 3.63) is 23.3 Å². The second-order valence-corrected chi connectivity index (χ2v) is 10.3. The molecule has 0 N–H and O–H groups in total. The minimum Gasteiger partial charge on any atom is -0.465 e. The fourth-order valence-electron chi connectivity index (χ4n) is 7.01. The Morgan fingerprint density at radius 3 is 2.10 bits per heavy atom. The molecule has 0 atom stereocenters. The summed E-state index contributed by atoms with van der Waals surface area (Å²) in [6, 6.07) is 3.94. The second-order valence-electron chi connectivity index (χ2n) is 10.3. The minimum absolute atomic E-state index is 0.00447. The molecule has 1 heterocycles. The van der Waals surface area contributed by atoms with Gasteiger partial charge in [-0.1, -0.05) is 0 Å². The first-order chi connectivity index (χ1) is 14.8. The molecule has 5 aliphatic rings. The number of carbonyl (C=O) groups is 3. The number of carbonyl (C=O) groups excluding carboxylic acids is 3. The van der Waals surface area contributed by atoms with E-state index in [9.17, 15) is 14.4 Å². The number of esters is 1. The summed E-state index contributed by atoms with van der Waals surface area (Å²) >= 11 is 0. The molecule has 0 spiro atoms. The smallest absolute Gasteiger partial charge is 0.326 e. The molecule has 166 valence electrons. The number of nitrogens with zero attached hydrogens (tertiary/aromatic N) is 2. The summed E-state index contributed by atoms with van der Waals surface area (Å²) in [7, 11) is 0. The lowest BCUT2D eigenvalue weighted by atomic mass is 9.49. The van der Waals surface area contributed by atoms with Gasteiger partial charge in [0.15, 0.2) is 0 Å². The minimum atomic E-state index is -0.430. The molecule has 31 heavy (non-hydrogen) atoms. The van der Waals surface area contributed by atoms with Crippen LogP contribution < -0.4 is 9.80 Å². The first-order valence-electron chi connectivity index (χ1n) is 11.7. The number of hydrogen-bond acceptors (Lipinski definition) is 4. The van der Waals surface area contributed by atoms with Crippen molar-refractivity contribution < 1.29 is 19.1 Å². The molecule has 6 rings (SSSR count). The summed E-state index contributed by atoms with van der Waals surface area (Å²) in [5.41, 5.74) is 3.20. The van der Waals surface area contributed by atoms with Crippen LogP contribution >= 0.6 is 0 Å². The first kappa shape index (κ1) is 20.5. The predicted octanol–water partition coefficient (Wildman–Crippen LogP) is 3.76. The van der Waals surface area contributed by atoms with Crippen molar-refractivity contribution in [2.24, 2.45) is 23.2 Å². The molecular weight excluding hydrogens is 392 g/mol. The third-order valence-electron chi connectivity index (χ3n) is 8.10. The quantitative estimate of drug-likeness (QED) is 0.690. The Labute approximate surface area is 183 Å². The average Bonchev–Trinajstić information content (AvgIpc) is 2.70. The van der Waals surface area contributed by atoms with Gasteiger partial charge >= 0.3 is 5.97 Å². The van der Waals surface area contributed by atoms with E-state index in [4.69, 9.17) is 4.74 Å². The van der Waals surface area contributed by atoms with Gasteiger partial charge in [0.25, 0.3) is 0 Å². The monoisotopic (exact) mass is 424 g/mol. The Bertz CT molecular complexity index is 918. The number of amides is 2. The Balaban J connectivity index is 1.51. The van der Waals surface area contributed by atoms with Gasteiger partial charge in [0.05, 0.1) is 23.4 Å². The summed E-state index contributed by atoms with van der Waals surface area (Å²) in [4.78, 5) is 42.6. The van der Waals surface area contributed by atoms with Crippen LogP contribution in [0.1, 0.15) is 56.6 Å². The van der Waals surface area contributed by atoms with E-state index in [1.54, 1.807) is 11.8 Å². The maximum Gasteiger partial charge on any atom is 0.326 e. The van der Waals surface area contributed by atoms with Gasteiger partial charge in [-0.25, -0.2) is 0 Å². The molecule has 1 aromatic carbocycles. The van der Waals surface area contributed by atoms with Gasteiger partial charge < -0.3 is 9.64 Å². The number of anilines is 2. The zero-order chi connectivity index (χ0) is 21.9. The van der Waals surface area contributed by atoms with E-state index in [1.807, 2.05) is 26.0 Å². The van der Waals surface area contributed by atoms with E-state index in [1.165, 1.54) is 24.2 Å². The molecule has 4 fully saturated rings. The fourth-order valence-corrected chi connectivity index (χ4v) is 7.01.